The molecule has 1 heteroatoms. The second-order valence-corrected chi connectivity index (χ2v) is 6.99. The highest BCUT2D eigenvalue weighted by atomic mass is 16.1. The van der Waals surface area contributed by atoms with Gasteiger partial charge in [-0.15, -0.1) is 0 Å². The molecule has 4 rings (SSSR count). The summed E-state index contributed by atoms with van der Waals surface area (Å²) in [5.41, 5.74) is 5.11. The van der Waals surface area contributed by atoms with Gasteiger partial charge in [-0.2, -0.15) is 0 Å². The van der Waals surface area contributed by atoms with E-state index in [0.29, 0.717) is 11.1 Å². The molecule has 0 aromatic heterocycles. The van der Waals surface area contributed by atoms with Crippen molar-refractivity contribution >= 4 is 5.78 Å². The summed E-state index contributed by atoms with van der Waals surface area (Å²) in [4.78, 5) is 12.8. The number of ketones is 1. The van der Waals surface area contributed by atoms with Gasteiger partial charge in [0.1, 0.15) is 0 Å². The molecule has 0 saturated heterocycles. The fourth-order valence-corrected chi connectivity index (χ4v) is 3.09. The van der Waals surface area contributed by atoms with Crippen molar-refractivity contribution in [3.63, 3.8) is 0 Å². The van der Waals surface area contributed by atoms with E-state index in [9.17, 15) is 4.79 Å². The molecule has 0 aliphatic heterocycles. The molecule has 3 aromatic rings. The first-order valence-corrected chi connectivity index (χ1v) is 9.98. The number of rotatable bonds is 2. The van der Waals surface area contributed by atoms with Crippen molar-refractivity contribution in [2.75, 3.05) is 0 Å². The summed E-state index contributed by atoms with van der Waals surface area (Å²) in [6.45, 7) is 0. The fraction of sp³-hybridized carbons (Fsp3) is 0.0690. The van der Waals surface area contributed by atoms with Gasteiger partial charge in [0.05, 0.1) is 0 Å². The van der Waals surface area contributed by atoms with Gasteiger partial charge in [-0.1, -0.05) is 60.1 Å². The zero-order valence-electron chi connectivity index (χ0n) is 16.6. The number of hydrogen-bond donors (Lipinski definition) is 0. The molecule has 1 nitrogen and oxygen atoms in total. The molecular formula is C29H20O. The molecular weight excluding hydrogens is 364 g/mol. The lowest BCUT2D eigenvalue weighted by atomic mass is 10.0. The highest BCUT2D eigenvalue weighted by Crippen LogP contribution is 2.13. The molecule has 0 heterocycles. The van der Waals surface area contributed by atoms with Gasteiger partial charge in [0.2, 0.25) is 0 Å². The predicted molar refractivity (Wildman–Crippen MR) is 122 cm³/mol. The largest absolute Gasteiger partial charge is 0.289 e. The van der Waals surface area contributed by atoms with Gasteiger partial charge in [-0.05, 0) is 73.5 Å². The van der Waals surface area contributed by atoms with Gasteiger partial charge >= 0.3 is 0 Å². The van der Waals surface area contributed by atoms with Crippen LogP contribution >= 0.6 is 0 Å². The smallest absolute Gasteiger partial charge is 0.193 e. The zero-order valence-corrected chi connectivity index (χ0v) is 16.6. The molecule has 1 aliphatic rings. The van der Waals surface area contributed by atoms with Crippen LogP contribution in [0.3, 0.4) is 0 Å². The van der Waals surface area contributed by atoms with E-state index in [-0.39, 0.29) is 5.78 Å². The lowest BCUT2D eigenvalue weighted by molar-refractivity contribution is 0.103. The fourth-order valence-electron chi connectivity index (χ4n) is 3.09. The molecule has 0 saturated carbocycles. The van der Waals surface area contributed by atoms with Crippen molar-refractivity contribution < 1.29 is 4.79 Å². The van der Waals surface area contributed by atoms with Crippen molar-refractivity contribution in [3.8, 4) is 23.7 Å². The molecule has 30 heavy (non-hydrogen) atoms. The monoisotopic (exact) mass is 384 g/mol. The third kappa shape index (κ3) is 5.05. The Morgan fingerprint density at radius 2 is 1.13 bits per heavy atom. The molecule has 142 valence electrons. The van der Waals surface area contributed by atoms with E-state index in [4.69, 9.17) is 0 Å². The predicted octanol–water partition coefficient (Wildman–Crippen LogP) is 5.95. The first-order valence-electron chi connectivity index (χ1n) is 9.98. The standard InChI is InChI=1S/C29H20O/c30-29(27-19-15-25(16-20-27)13-11-23-7-3-1-4-8-23)28-21-17-26(18-22-28)14-12-24-9-5-2-6-10-24/h1,3-5,7-10,15-22H,2,6H2. The topological polar surface area (TPSA) is 17.1 Å². The van der Waals surface area contributed by atoms with E-state index in [1.807, 2.05) is 78.9 Å². The minimum absolute atomic E-state index is 0.00463. The Bertz CT molecular complexity index is 1220. The summed E-state index contributed by atoms with van der Waals surface area (Å²) in [7, 11) is 0. The summed E-state index contributed by atoms with van der Waals surface area (Å²) in [6.07, 6.45) is 8.48. The number of benzene rings is 3. The van der Waals surface area contributed by atoms with Crippen LogP contribution in [-0.4, -0.2) is 5.78 Å². The summed E-state index contributed by atoms with van der Waals surface area (Å²) < 4.78 is 0. The van der Waals surface area contributed by atoms with Gasteiger partial charge in [0.25, 0.3) is 0 Å². The average Bonchev–Trinajstić information content (AvgIpc) is 2.83. The van der Waals surface area contributed by atoms with Crippen LogP contribution in [0.4, 0.5) is 0 Å². The van der Waals surface area contributed by atoms with E-state index in [0.717, 1.165) is 35.1 Å². The molecule has 1 aliphatic carbocycles. The van der Waals surface area contributed by atoms with Crippen LogP contribution in [0.15, 0.2) is 103 Å². The van der Waals surface area contributed by atoms with Crippen LogP contribution in [0.25, 0.3) is 0 Å². The SMILES string of the molecule is O=C(c1ccc(C#CC2=CCCC=C2)cc1)c1ccc(C#Cc2ccccc2)cc1. The van der Waals surface area contributed by atoms with Crippen LogP contribution in [-0.2, 0) is 0 Å². The molecule has 0 amide bonds. The van der Waals surface area contributed by atoms with Crippen LogP contribution in [0.5, 0.6) is 0 Å². The van der Waals surface area contributed by atoms with Crippen LogP contribution in [0.1, 0.15) is 45.5 Å². The Hall–Kier alpha value is -4.07. The average molecular weight is 384 g/mol. The molecule has 0 fully saturated rings. The Morgan fingerprint density at radius 1 is 0.600 bits per heavy atom. The molecule has 0 bridgehead atoms. The molecule has 0 radical (unpaired) electrons. The third-order valence-electron chi connectivity index (χ3n) is 4.77. The van der Waals surface area contributed by atoms with E-state index in [1.54, 1.807) is 0 Å². The van der Waals surface area contributed by atoms with Crippen LogP contribution < -0.4 is 0 Å². The Labute approximate surface area is 177 Å². The van der Waals surface area contributed by atoms with Crippen molar-refractivity contribution in [3.05, 3.63) is 130 Å². The van der Waals surface area contributed by atoms with Crippen molar-refractivity contribution in [2.24, 2.45) is 0 Å². The quantitative estimate of drug-likeness (QED) is 0.394. The van der Waals surface area contributed by atoms with Gasteiger partial charge in [0.15, 0.2) is 5.78 Å². The van der Waals surface area contributed by atoms with E-state index in [2.05, 4.69) is 41.9 Å². The van der Waals surface area contributed by atoms with Crippen LogP contribution in [0, 0.1) is 23.7 Å². The van der Waals surface area contributed by atoms with Gasteiger partial charge in [-0.25, -0.2) is 0 Å². The van der Waals surface area contributed by atoms with Gasteiger partial charge in [0, 0.05) is 33.4 Å². The first kappa shape index (κ1) is 19.3. The zero-order chi connectivity index (χ0) is 20.6. The van der Waals surface area contributed by atoms with Gasteiger partial charge in [-0.3, -0.25) is 4.79 Å². The van der Waals surface area contributed by atoms with Crippen molar-refractivity contribution in [2.45, 2.75) is 12.8 Å². The lowest BCUT2D eigenvalue weighted by Gasteiger charge is -2.02. The molecule has 3 aromatic carbocycles. The minimum Gasteiger partial charge on any atom is -0.289 e. The van der Waals surface area contributed by atoms with E-state index in [1.165, 1.54) is 0 Å². The molecule has 0 spiro atoms. The second-order valence-electron chi connectivity index (χ2n) is 6.99. The minimum atomic E-state index is -0.00463. The summed E-state index contributed by atoms with van der Waals surface area (Å²) in [5.74, 6) is 12.6. The number of hydrogen-bond acceptors (Lipinski definition) is 1. The number of carbonyl (C=O) groups excluding carboxylic acids is 1. The number of allylic oxidation sites excluding steroid dienone is 4. The summed E-state index contributed by atoms with van der Waals surface area (Å²) >= 11 is 0. The molecule has 0 N–H and O–H groups in total. The summed E-state index contributed by atoms with van der Waals surface area (Å²) in [5, 5.41) is 0. The van der Waals surface area contributed by atoms with E-state index >= 15 is 0 Å². The maximum Gasteiger partial charge on any atom is 0.193 e. The summed E-state index contributed by atoms with van der Waals surface area (Å²) in [6, 6.07) is 24.7. The van der Waals surface area contributed by atoms with E-state index < -0.39 is 0 Å². The first-order chi connectivity index (χ1) is 14.8. The molecule has 0 atom stereocenters. The van der Waals surface area contributed by atoms with Crippen molar-refractivity contribution in [1.29, 1.82) is 0 Å². The lowest BCUT2D eigenvalue weighted by Crippen LogP contribution is -2.01. The molecule has 0 unspecified atom stereocenters. The number of carbonyl (C=O) groups is 1. The highest BCUT2D eigenvalue weighted by molar-refractivity contribution is 6.09. The van der Waals surface area contributed by atoms with Crippen LogP contribution in [0.2, 0.25) is 0 Å². The second kappa shape index (κ2) is 9.42. The normalized spacial score (nSPS) is 12.1. The Kier molecular flexibility index (Phi) is 6.05. The maximum absolute atomic E-state index is 12.8. The third-order valence-corrected chi connectivity index (χ3v) is 4.77. The van der Waals surface area contributed by atoms with Gasteiger partial charge < -0.3 is 0 Å². The van der Waals surface area contributed by atoms with Crippen molar-refractivity contribution in [1.82, 2.24) is 0 Å². The highest BCUT2D eigenvalue weighted by Gasteiger charge is 2.08. The maximum atomic E-state index is 12.8. The Morgan fingerprint density at radius 3 is 1.67 bits per heavy atom. The Balaban J connectivity index is 1.44.